The maximum Gasteiger partial charge on any atom is 0.410 e. The number of ether oxygens (including phenoxy) is 2. The van der Waals surface area contributed by atoms with Gasteiger partial charge in [-0.25, -0.2) is 4.79 Å². The number of esters is 1. The molecule has 11 heteroatoms. The molecule has 11 nitrogen and oxygen atoms in total. The minimum Gasteiger partial charge on any atom is -0.468 e. The third-order valence-corrected chi connectivity index (χ3v) is 8.07. The predicted molar refractivity (Wildman–Crippen MR) is 167 cm³/mol. The molecule has 2 amide bonds. The Morgan fingerprint density at radius 2 is 1.69 bits per heavy atom. The molecule has 45 heavy (non-hydrogen) atoms. The second-order valence-electron chi connectivity index (χ2n) is 11.1. The molecule has 0 spiro atoms. The Bertz CT molecular complexity index is 1680. The van der Waals surface area contributed by atoms with Crippen molar-refractivity contribution in [2.75, 3.05) is 25.3 Å². The Hall–Kier alpha value is -5.00. The average Bonchev–Trinajstić information content (AvgIpc) is 3.44. The van der Waals surface area contributed by atoms with Gasteiger partial charge in [0.15, 0.2) is 0 Å². The topological polar surface area (TPSA) is 144 Å². The highest BCUT2D eigenvalue weighted by molar-refractivity contribution is 6.04. The molecular weight excluding hydrogens is 576 g/mol. The monoisotopic (exact) mass is 612 g/mol. The van der Waals surface area contributed by atoms with Crippen LogP contribution in [-0.4, -0.2) is 64.8 Å². The summed E-state index contributed by atoms with van der Waals surface area (Å²) >= 11 is 0. The molecule has 3 aromatic carbocycles. The van der Waals surface area contributed by atoms with Crippen LogP contribution in [0, 0.1) is 5.92 Å². The van der Waals surface area contributed by atoms with Crippen molar-refractivity contribution in [3.05, 3.63) is 102 Å². The van der Waals surface area contributed by atoms with Crippen LogP contribution in [-0.2, 0) is 32.1 Å². The van der Waals surface area contributed by atoms with Gasteiger partial charge in [0.05, 0.1) is 18.3 Å². The van der Waals surface area contributed by atoms with E-state index in [0.29, 0.717) is 42.1 Å². The van der Waals surface area contributed by atoms with Crippen LogP contribution in [0.2, 0.25) is 0 Å². The number of hydrogen-bond acceptors (Lipinski definition) is 8. The minimum absolute atomic E-state index is 0.0174. The first kappa shape index (κ1) is 31.4. The van der Waals surface area contributed by atoms with Crippen molar-refractivity contribution in [1.82, 2.24) is 9.47 Å². The zero-order chi connectivity index (χ0) is 31.9. The van der Waals surface area contributed by atoms with Gasteiger partial charge in [-0.05, 0) is 54.2 Å². The maximum absolute atomic E-state index is 13.6. The van der Waals surface area contributed by atoms with Gasteiger partial charge < -0.3 is 20.1 Å². The lowest BCUT2D eigenvalue weighted by Gasteiger charge is -2.31. The number of carbonyl (C=O) groups excluding carboxylic acids is 4. The van der Waals surface area contributed by atoms with Gasteiger partial charge in [-0.15, -0.1) is 0 Å². The Labute approximate surface area is 260 Å². The van der Waals surface area contributed by atoms with E-state index in [1.165, 1.54) is 17.7 Å². The molecule has 5 rings (SSSR count). The lowest BCUT2D eigenvalue weighted by atomic mass is 9.93. The number of likely N-dealkylation sites (tertiary alicyclic amines) is 1. The van der Waals surface area contributed by atoms with Gasteiger partial charge in [-0.2, -0.15) is 5.06 Å². The fourth-order valence-electron chi connectivity index (χ4n) is 5.57. The number of hydroxylamine groups is 1. The second kappa shape index (κ2) is 14.2. The van der Waals surface area contributed by atoms with Crippen LogP contribution in [0.15, 0.2) is 85.1 Å². The number of nitrogens with two attached hydrogens (primary N) is 1. The summed E-state index contributed by atoms with van der Waals surface area (Å²) in [4.78, 5) is 52.7. The highest BCUT2D eigenvalue weighted by Crippen LogP contribution is 2.26. The minimum atomic E-state index is -0.887. The molecule has 1 aliphatic rings. The number of benzene rings is 3. The quantitative estimate of drug-likeness (QED) is 0.159. The summed E-state index contributed by atoms with van der Waals surface area (Å²) in [5.74, 6) is -1.45. The van der Waals surface area contributed by atoms with Crippen molar-refractivity contribution in [3.8, 4) is 0 Å². The maximum atomic E-state index is 13.6. The summed E-state index contributed by atoms with van der Waals surface area (Å²) in [5.41, 5.74) is 8.66. The van der Waals surface area contributed by atoms with Crippen molar-refractivity contribution in [2.24, 2.45) is 11.7 Å². The van der Waals surface area contributed by atoms with Gasteiger partial charge in [-0.3, -0.25) is 24.2 Å². The summed E-state index contributed by atoms with van der Waals surface area (Å²) in [7, 11) is 1.27. The summed E-state index contributed by atoms with van der Waals surface area (Å²) in [6, 6.07) is 22.1. The average molecular weight is 613 g/mol. The first-order chi connectivity index (χ1) is 21.7. The van der Waals surface area contributed by atoms with Crippen LogP contribution >= 0.6 is 0 Å². The van der Waals surface area contributed by atoms with E-state index in [0.717, 1.165) is 10.9 Å². The molecule has 1 saturated heterocycles. The van der Waals surface area contributed by atoms with Gasteiger partial charge in [0.1, 0.15) is 12.6 Å². The second-order valence-corrected chi connectivity index (χ2v) is 11.1. The molecule has 0 bridgehead atoms. The number of para-hydroxylation sites is 1. The van der Waals surface area contributed by atoms with E-state index in [9.17, 15) is 24.4 Å². The van der Waals surface area contributed by atoms with Gasteiger partial charge >= 0.3 is 12.1 Å². The molecule has 0 radical (unpaired) electrons. The number of methoxy groups -OCH3 is 1. The highest BCUT2D eigenvalue weighted by Gasteiger charge is 2.27. The van der Waals surface area contributed by atoms with Crippen LogP contribution in [0.4, 0.5) is 10.5 Å². The van der Waals surface area contributed by atoms with E-state index < -0.39 is 17.9 Å². The number of carbonyl (C=O) groups is 4. The first-order valence-corrected chi connectivity index (χ1v) is 14.8. The normalized spacial score (nSPS) is 14.2. The van der Waals surface area contributed by atoms with E-state index in [-0.39, 0.29) is 48.6 Å². The molecule has 234 valence electrons. The lowest BCUT2D eigenvalue weighted by Crippen LogP contribution is -2.40. The Balaban J connectivity index is 1.20. The van der Waals surface area contributed by atoms with E-state index in [1.54, 1.807) is 41.4 Å². The Morgan fingerprint density at radius 3 is 2.42 bits per heavy atom. The largest absolute Gasteiger partial charge is 0.468 e. The third kappa shape index (κ3) is 7.39. The predicted octanol–water partition coefficient (Wildman–Crippen LogP) is 4.53. The van der Waals surface area contributed by atoms with E-state index in [1.807, 2.05) is 42.5 Å². The fraction of sp³-hybridized carbons (Fsp3) is 0.294. The molecule has 1 atom stereocenters. The van der Waals surface area contributed by atoms with Gasteiger partial charge in [-0.1, -0.05) is 54.6 Å². The van der Waals surface area contributed by atoms with Crippen molar-refractivity contribution < 1.29 is 33.9 Å². The van der Waals surface area contributed by atoms with E-state index in [4.69, 9.17) is 15.2 Å². The molecular formula is C34H36N4O7. The third-order valence-electron chi connectivity index (χ3n) is 8.07. The SMILES string of the molecule is COC(=O)[C@@H](N)Cc1cn(C(=O)c2cccc(N(O)C(=O)CC3CCN(C(=O)OCc4ccccc4)CC3)c2)c2ccccc12. The van der Waals surface area contributed by atoms with Gasteiger partial charge in [0, 0.05) is 43.1 Å². The molecule has 1 aromatic heterocycles. The van der Waals surface area contributed by atoms with Gasteiger partial charge in [0.25, 0.3) is 11.8 Å². The van der Waals surface area contributed by atoms with Crippen LogP contribution < -0.4 is 10.8 Å². The summed E-state index contributed by atoms with van der Waals surface area (Å²) in [6.45, 7) is 1.11. The molecule has 1 fully saturated rings. The number of piperidine rings is 1. The van der Waals surface area contributed by atoms with E-state index in [2.05, 4.69) is 0 Å². The summed E-state index contributed by atoms with van der Waals surface area (Å²) < 4.78 is 11.6. The van der Waals surface area contributed by atoms with Crippen LogP contribution in [0.25, 0.3) is 10.9 Å². The Kier molecular flexibility index (Phi) is 9.91. The van der Waals surface area contributed by atoms with Crippen LogP contribution in [0.5, 0.6) is 0 Å². The number of hydrogen-bond donors (Lipinski definition) is 2. The van der Waals surface area contributed by atoms with Gasteiger partial charge in [0.2, 0.25) is 0 Å². The number of fused-ring (bicyclic) bond motifs is 1. The number of rotatable bonds is 9. The molecule has 0 saturated carbocycles. The first-order valence-electron chi connectivity index (χ1n) is 14.8. The summed E-state index contributed by atoms with van der Waals surface area (Å²) in [6.07, 6.45) is 2.73. The number of amides is 2. The smallest absolute Gasteiger partial charge is 0.410 e. The van der Waals surface area contributed by atoms with Crippen LogP contribution in [0.1, 0.15) is 40.7 Å². The molecule has 4 aromatic rings. The molecule has 0 unspecified atom stereocenters. The zero-order valence-electron chi connectivity index (χ0n) is 25.0. The fourth-order valence-corrected chi connectivity index (χ4v) is 5.57. The highest BCUT2D eigenvalue weighted by atomic mass is 16.6. The molecule has 2 heterocycles. The lowest BCUT2D eigenvalue weighted by molar-refractivity contribution is -0.142. The van der Waals surface area contributed by atoms with Crippen LogP contribution in [0.3, 0.4) is 0 Å². The Morgan fingerprint density at radius 1 is 0.978 bits per heavy atom. The van der Waals surface area contributed by atoms with Crippen molar-refractivity contribution in [3.63, 3.8) is 0 Å². The van der Waals surface area contributed by atoms with Crippen molar-refractivity contribution in [2.45, 2.75) is 38.3 Å². The standard InChI is InChI=1S/C34H36N4O7/c1-44-33(41)29(35)20-26-21-37(30-13-6-5-12-28(26)30)32(40)25-10-7-11-27(19-25)38(43)31(39)18-23-14-16-36(17-15-23)34(42)45-22-24-8-3-2-4-9-24/h2-13,19,21,23,29,43H,14-18,20,22,35H2,1H3/t29-/m0/s1. The van der Waals surface area contributed by atoms with Crippen molar-refractivity contribution >= 4 is 40.5 Å². The summed E-state index contributed by atoms with van der Waals surface area (Å²) in [5, 5.41) is 12.1. The molecule has 3 N–H and O–H groups in total. The zero-order valence-corrected chi connectivity index (χ0v) is 25.0. The molecule has 0 aliphatic carbocycles. The van der Waals surface area contributed by atoms with E-state index >= 15 is 0 Å². The number of aromatic nitrogens is 1. The molecule has 1 aliphatic heterocycles. The van der Waals surface area contributed by atoms with Crippen molar-refractivity contribution in [1.29, 1.82) is 0 Å². The number of anilines is 1. The number of nitrogens with zero attached hydrogens (tertiary/aromatic N) is 3.